The Morgan fingerprint density at radius 3 is 1.83 bits per heavy atom. The van der Waals surface area contributed by atoms with Crippen molar-refractivity contribution in [2.24, 2.45) is 0 Å². The van der Waals surface area contributed by atoms with E-state index in [1.807, 2.05) is 60.7 Å². The van der Waals surface area contributed by atoms with Gasteiger partial charge in [-0.15, -0.1) is 0 Å². The molecule has 2 aliphatic carbocycles. The molecule has 0 bridgehead atoms. The molecule has 0 aromatic heterocycles. The topological polar surface area (TPSA) is 34.1 Å². The Morgan fingerprint density at radius 2 is 1.20 bits per heavy atom. The van der Waals surface area contributed by atoms with Gasteiger partial charge in [0, 0.05) is 39.4 Å². The van der Waals surface area contributed by atoms with Crippen LogP contribution in [0.4, 0.5) is 0 Å². The van der Waals surface area contributed by atoms with Gasteiger partial charge in [0.1, 0.15) is 0 Å². The highest BCUT2D eigenvalue weighted by Gasteiger charge is 2.38. The van der Waals surface area contributed by atoms with E-state index in [-0.39, 0.29) is 28.2 Å². The lowest BCUT2D eigenvalue weighted by atomic mass is 9.93. The number of carbonyl (C=O) groups excluding carboxylic acids is 2. The Bertz CT molecular complexity index is 1400. The lowest BCUT2D eigenvalue weighted by Gasteiger charge is -2.14. The van der Waals surface area contributed by atoms with E-state index in [9.17, 15) is 9.59 Å². The second kappa shape index (κ2) is 10.1. The lowest BCUT2D eigenvalue weighted by Crippen LogP contribution is -2.13. The molecule has 0 saturated heterocycles. The zero-order valence-electron chi connectivity index (χ0n) is 18.6. The summed E-state index contributed by atoms with van der Waals surface area (Å²) >= 11 is 15.4. The fourth-order valence-corrected chi connectivity index (χ4v) is 6.12. The largest absolute Gasteiger partial charge is 0.294 e. The molecule has 0 fully saturated rings. The highest BCUT2D eigenvalue weighted by atomic mass is 79.9. The first kappa shape index (κ1) is 24.0. The first-order chi connectivity index (χ1) is 16.9. The van der Waals surface area contributed by atoms with Gasteiger partial charge in [-0.2, -0.15) is 0 Å². The molecule has 6 rings (SSSR count). The number of carbonyl (C=O) groups is 2. The predicted molar refractivity (Wildman–Crippen MR) is 145 cm³/mol. The maximum Gasteiger partial charge on any atom is 0.177 e. The van der Waals surface area contributed by atoms with Gasteiger partial charge in [-0.05, 0) is 46.5 Å². The standard InChI is InChI=1S/C15H10BrClO.C15H11ClO/c16-14-13(9-4-2-1-3-5-9)11-7-6-10(17)8-12(11)15(14)18;16-11-6-7-12-13(9-15(17)14(12)8-11)10-4-2-1-3-5-10/h1-8,13-14H;1-8,13H,9H2. The van der Waals surface area contributed by atoms with Gasteiger partial charge in [0.05, 0.1) is 4.83 Å². The normalized spacial score (nSPS) is 20.1. The summed E-state index contributed by atoms with van der Waals surface area (Å²) in [5.41, 5.74) is 6.02. The van der Waals surface area contributed by atoms with E-state index < -0.39 is 0 Å². The molecule has 3 atom stereocenters. The molecule has 0 amide bonds. The molecule has 174 valence electrons. The van der Waals surface area contributed by atoms with E-state index in [0.29, 0.717) is 16.5 Å². The van der Waals surface area contributed by atoms with E-state index in [0.717, 1.165) is 27.8 Å². The van der Waals surface area contributed by atoms with Crippen LogP contribution in [0.15, 0.2) is 97.1 Å². The minimum atomic E-state index is -0.201. The maximum atomic E-state index is 12.2. The first-order valence-electron chi connectivity index (χ1n) is 11.3. The average Bonchev–Trinajstić information content (AvgIpc) is 3.33. The van der Waals surface area contributed by atoms with Gasteiger partial charge < -0.3 is 0 Å². The first-order valence-corrected chi connectivity index (χ1v) is 13.0. The summed E-state index contributed by atoms with van der Waals surface area (Å²) in [6, 6.07) is 31.4. The monoisotopic (exact) mass is 562 g/mol. The van der Waals surface area contributed by atoms with Gasteiger partial charge in [-0.1, -0.05) is 112 Å². The molecular formula is C30H21BrCl2O2. The Hall–Kier alpha value is -2.72. The van der Waals surface area contributed by atoms with Crippen molar-refractivity contribution in [1.82, 2.24) is 0 Å². The van der Waals surface area contributed by atoms with E-state index in [2.05, 4.69) is 40.2 Å². The van der Waals surface area contributed by atoms with Gasteiger partial charge in [-0.25, -0.2) is 0 Å². The van der Waals surface area contributed by atoms with Crippen molar-refractivity contribution in [2.75, 3.05) is 0 Å². The maximum absolute atomic E-state index is 12.2. The zero-order chi connectivity index (χ0) is 24.5. The van der Waals surface area contributed by atoms with Crippen molar-refractivity contribution in [3.05, 3.63) is 140 Å². The lowest BCUT2D eigenvalue weighted by molar-refractivity contribution is 0.0986. The van der Waals surface area contributed by atoms with Crippen molar-refractivity contribution >= 4 is 50.7 Å². The van der Waals surface area contributed by atoms with Crippen LogP contribution in [0, 0.1) is 0 Å². The van der Waals surface area contributed by atoms with Crippen LogP contribution in [-0.2, 0) is 0 Å². The van der Waals surface area contributed by atoms with Gasteiger partial charge in [0.2, 0.25) is 0 Å². The molecule has 0 aliphatic heterocycles. The third-order valence-corrected chi connectivity index (χ3v) is 8.01. The number of Topliss-reactive ketones (excluding diaryl/α,β-unsaturated/α-hetero) is 2. The van der Waals surface area contributed by atoms with E-state index in [1.54, 1.807) is 12.1 Å². The Labute approximate surface area is 223 Å². The third kappa shape index (κ3) is 4.73. The number of rotatable bonds is 2. The van der Waals surface area contributed by atoms with E-state index in [4.69, 9.17) is 23.2 Å². The molecule has 35 heavy (non-hydrogen) atoms. The molecule has 4 aromatic carbocycles. The minimum Gasteiger partial charge on any atom is -0.294 e. The van der Waals surface area contributed by atoms with Crippen molar-refractivity contribution < 1.29 is 9.59 Å². The van der Waals surface area contributed by atoms with Gasteiger partial charge in [0.25, 0.3) is 0 Å². The summed E-state index contributed by atoms with van der Waals surface area (Å²) < 4.78 is 0. The summed E-state index contributed by atoms with van der Waals surface area (Å²) in [5.74, 6) is 0.569. The second-order valence-electron chi connectivity index (χ2n) is 8.71. The SMILES string of the molecule is O=C1CC(c2ccccc2)c2ccc(Cl)cc21.O=C1c2cc(Cl)ccc2C(c2ccccc2)C1Br. The highest BCUT2D eigenvalue weighted by molar-refractivity contribution is 9.10. The molecule has 2 nitrogen and oxygen atoms in total. The number of ketones is 2. The number of benzene rings is 4. The summed E-state index contributed by atoms with van der Waals surface area (Å²) in [4.78, 5) is 24.0. The number of hydrogen-bond acceptors (Lipinski definition) is 2. The Morgan fingerprint density at radius 1 is 0.657 bits per heavy atom. The molecule has 4 aromatic rings. The second-order valence-corrected chi connectivity index (χ2v) is 10.6. The quantitative estimate of drug-likeness (QED) is 0.229. The number of alkyl halides is 1. The van der Waals surface area contributed by atoms with Crippen LogP contribution in [0.1, 0.15) is 61.2 Å². The molecule has 0 N–H and O–H groups in total. The highest BCUT2D eigenvalue weighted by Crippen LogP contribution is 2.43. The number of fused-ring (bicyclic) bond motifs is 2. The molecule has 3 unspecified atom stereocenters. The molecular weight excluding hydrogens is 543 g/mol. The number of halogens is 3. The van der Waals surface area contributed by atoms with Crippen molar-refractivity contribution in [3.63, 3.8) is 0 Å². The van der Waals surface area contributed by atoms with Crippen LogP contribution in [0.3, 0.4) is 0 Å². The summed E-state index contributed by atoms with van der Waals surface area (Å²) in [5, 5.41) is 1.24. The molecule has 0 radical (unpaired) electrons. The van der Waals surface area contributed by atoms with E-state index >= 15 is 0 Å². The molecule has 0 heterocycles. The molecule has 0 spiro atoms. The minimum absolute atomic E-state index is 0.0750. The molecule has 2 aliphatic rings. The van der Waals surface area contributed by atoms with Crippen LogP contribution in [-0.4, -0.2) is 16.4 Å². The fourth-order valence-electron chi connectivity index (χ4n) is 4.94. The summed E-state index contributed by atoms with van der Waals surface area (Å²) in [7, 11) is 0. The van der Waals surface area contributed by atoms with Crippen molar-refractivity contribution in [3.8, 4) is 0 Å². The Kier molecular flexibility index (Phi) is 6.93. The smallest absolute Gasteiger partial charge is 0.177 e. The fraction of sp³-hybridized carbons (Fsp3) is 0.133. The zero-order valence-corrected chi connectivity index (χ0v) is 21.7. The van der Waals surface area contributed by atoms with Gasteiger partial charge in [-0.3, -0.25) is 9.59 Å². The van der Waals surface area contributed by atoms with Gasteiger partial charge >= 0.3 is 0 Å². The van der Waals surface area contributed by atoms with Gasteiger partial charge in [0.15, 0.2) is 11.6 Å². The van der Waals surface area contributed by atoms with Crippen molar-refractivity contribution in [2.45, 2.75) is 23.1 Å². The van der Waals surface area contributed by atoms with Crippen LogP contribution < -0.4 is 0 Å². The van der Waals surface area contributed by atoms with Crippen molar-refractivity contribution in [1.29, 1.82) is 0 Å². The molecule has 0 saturated carbocycles. The average molecular weight is 564 g/mol. The third-order valence-electron chi connectivity index (χ3n) is 6.60. The van der Waals surface area contributed by atoms with Crippen LogP contribution in [0.5, 0.6) is 0 Å². The van der Waals surface area contributed by atoms with E-state index in [1.165, 1.54) is 5.56 Å². The molecule has 5 heteroatoms. The number of hydrogen-bond donors (Lipinski definition) is 0. The van der Waals surface area contributed by atoms with Crippen LogP contribution >= 0.6 is 39.1 Å². The summed E-state index contributed by atoms with van der Waals surface area (Å²) in [6.07, 6.45) is 0.555. The Balaban J connectivity index is 0.000000145. The van der Waals surface area contributed by atoms with Crippen LogP contribution in [0.25, 0.3) is 0 Å². The predicted octanol–water partition coefficient (Wildman–Crippen LogP) is 8.49. The summed E-state index contributed by atoms with van der Waals surface area (Å²) in [6.45, 7) is 0. The van der Waals surface area contributed by atoms with Crippen LogP contribution in [0.2, 0.25) is 10.0 Å².